The van der Waals surface area contributed by atoms with Crippen molar-refractivity contribution >= 4 is 29.3 Å². The van der Waals surface area contributed by atoms with Crippen LogP contribution in [0.2, 0.25) is 5.02 Å². The van der Waals surface area contributed by atoms with Crippen molar-refractivity contribution in [1.29, 1.82) is 0 Å². The number of rotatable bonds is 4. The summed E-state index contributed by atoms with van der Waals surface area (Å²) in [6.07, 6.45) is 5.09. The molecule has 0 fully saturated rings. The van der Waals surface area contributed by atoms with Gasteiger partial charge in [-0.2, -0.15) is 0 Å². The van der Waals surface area contributed by atoms with E-state index >= 15 is 0 Å². The molecule has 1 heterocycles. The average molecular weight is 307 g/mol. The van der Waals surface area contributed by atoms with E-state index in [-0.39, 0.29) is 5.91 Å². The van der Waals surface area contributed by atoms with Crippen molar-refractivity contribution < 1.29 is 4.79 Å². The molecular formula is C15H15ClN2OS. The molecule has 0 unspecified atom stereocenters. The molecule has 0 aliphatic carbocycles. The van der Waals surface area contributed by atoms with Gasteiger partial charge < -0.3 is 4.90 Å². The Kier molecular flexibility index (Phi) is 5.04. The second kappa shape index (κ2) is 6.77. The second-order valence-corrected chi connectivity index (χ2v) is 5.65. The normalized spacial score (nSPS) is 10.3. The van der Waals surface area contributed by atoms with Crippen molar-refractivity contribution in [1.82, 2.24) is 9.88 Å². The van der Waals surface area contributed by atoms with Gasteiger partial charge in [0.1, 0.15) is 0 Å². The third-order valence-electron chi connectivity index (χ3n) is 2.93. The first kappa shape index (κ1) is 14.9. The highest BCUT2D eigenvalue weighted by Gasteiger charge is 2.15. The van der Waals surface area contributed by atoms with E-state index in [1.54, 1.807) is 36.0 Å². The van der Waals surface area contributed by atoms with E-state index in [0.717, 1.165) is 5.56 Å². The first-order chi connectivity index (χ1) is 9.61. The summed E-state index contributed by atoms with van der Waals surface area (Å²) in [6.45, 7) is 0.548. The Morgan fingerprint density at radius 2 is 2.00 bits per heavy atom. The van der Waals surface area contributed by atoms with Gasteiger partial charge in [-0.15, -0.1) is 11.8 Å². The maximum atomic E-state index is 12.3. The van der Waals surface area contributed by atoms with Gasteiger partial charge in [-0.3, -0.25) is 9.78 Å². The second-order valence-electron chi connectivity index (χ2n) is 4.36. The van der Waals surface area contributed by atoms with E-state index in [9.17, 15) is 4.79 Å². The molecule has 0 N–H and O–H groups in total. The van der Waals surface area contributed by atoms with Crippen LogP contribution in [-0.2, 0) is 6.54 Å². The molecule has 5 heteroatoms. The van der Waals surface area contributed by atoms with Gasteiger partial charge in [0.2, 0.25) is 0 Å². The van der Waals surface area contributed by atoms with Crippen LogP contribution in [0.5, 0.6) is 0 Å². The lowest BCUT2D eigenvalue weighted by atomic mass is 10.2. The molecule has 0 radical (unpaired) electrons. The van der Waals surface area contributed by atoms with Crippen molar-refractivity contribution in [3.05, 3.63) is 58.9 Å². The van der Waals surface area contributed by atoms with Gasteiger partial charge in [-0.1, -0.05) is 23.7 Å². The Morgan fingerprint density at radius 3 is 2.60 bits per heavy atom. The summed E-state index contributed by atoms with van der Waals surface area (Å²) in [4.78, 5) is 19.0. The van der Waals surface area contributed by atoms with Crippen LogP contribution in [0.4, 0.5) is 0 Å². The molecule has 1 aromatic carbocycles. The number of hydrogen-bond donors (Lipinski definition) is 0. The zero-order chi connectivity index (χ0) is 14.5. The highest BCUT2D eigenvalue weighted by Crippen LogP contribution is 2.18. The molecule has 0 aliphatic rings. The molecule has 0 atom stereocenters. The lowest BCUT2D eigenvalue weighted by Gasteiger charge is -2.18. The Balaban J connectivity index is 2.09. The number of carbonyl (C=O) groups is 1. The summed E-state index contributed by atoms with van der Waals surface area (Å²) in [7, 11) is 1.77. The van der Waals surface area contributed by atoms with Gasteiger partial charge in [0.25, 0.3) is 5.91 Å². The van der Waals surface area contributed by atoms with Crippen molar-refractivity contribution in [3.63, 3.8) is 0 Å². The van der Waals surface area contributed by atoms with Gasteiger partial charge in [0, 0.05) is 30.9 Å². The third kappa shape index (κ3) is 3.52. The van der Waals surface area contributed by atoms with Crippen LogP contribution in [0.1, 0.15) is 15.9 Å². The van der Waals surface area contributed by atoms with Crippen molar-refractivity contribution in [3.8, 4) is 0 Å². The van der Waals surface area contributed by atoms with Gasteiger partial charge in [0.05, 0.1) is 10.6 Å². The molecule has 1 amide bonds. The molecule has 1 aromatic heterocycles. The van der Waals surface area contributed by atoms with Crippen LogP contribution in [0.15, 0.2) is 47.6 Å². The Hall–Kier alpha value is -1.52. The minimum Gasteiger partial charge on any atom is -0.337 e. The van der Waals surface area contributed by atoms with Crippen LogP contribution in [0.3, 0.4) is 0 Å². The molecule has 20 heavy (non-hydrogen) atoms. The van der Waals surface area contributed by atoms with Gasteiger partial charge >= 0.3 is 0 Å². The molecule has 0 saturated carbocycles. The lowest BCUT2D eigenvalue weighted by molar-refractivity contribution is 0.0785. The number of amides is 1. The van der Waals surface area contributed by atoms with Gasteiger partial charge in [-0.25, -0.2) is 0 Å². The van der Waals surface area contributed by atoms with Crippen LogP contribution < -0.4 is 0 Å². The van der Waals surface area contributed by atoms with Crippen LogP contribution in [0.25, 0.3) is 0 Å². The summed E-state index contributed by atoms with van der Waals surface area (Å²) >= 11 is 7.69. The fourth-order valence-electron chi connectivity index (χ4n) is 1.83. The molecule has 2 aromatic rings. The van der Waals surface area contributed by atoms with E-state index in [1.165, 1.54) is 11.1 Å². The van der Waals surface area contributed by atoms with Crippen LogP contribution >= 0.6 is 23.4 Å². The summed E-state index contributed by atoms with van der Waals surface area (Å²) in [5.74, 6) is -0.105. The van der Waals surface area contributed by atoms with E-state index < -0.39 is 0 Å². The highest BCUT2D eigenvalue weighted by atomic mass is 35.5. The predicted molar refractivity (Wildman–Crippen MR) is 83.3 cm³/mol. The molecule has 3 nitrogen and oxygen atoms in total. The summed E-state index contributed by atoms with van der Waals surface area (Å²) in [5, 5.41) is 0.377. The third-order valence-corrected chi connectivity index (χ3v) is 3.97. The minimum absolute atomic E-state index is 0.105. The number of pyridine rings is 1. The maximum absolute atomic E-state index is 12.3. The molecule has 0 spiro atoms. The van der Waals surface area contributed by atoms with Crippen LogP contribution in [-0.4, -0.2) is 29.1 Å². The van der Waals surface area contributed by atoms with E-state index in [4.69, 9.17) is 11.6 Å². The summed E-state index contributed by atoms with van der Waals surface area (Å²) in [6, 6.07) is 9.81. The topological polar surface area (TPSA) is 33.2 Å². The Morgan fingerprint density at radius 1 is 1.30 bits per heavy atom. The number of benzene rings is 1. The monoisotopic (exact) mass is 306 g/mol. The SMILES string of the molecule is CSc1ccc(CN(C)C(=O)c2ccncc2Cl)cc1. The minimum atomic E-state index is -0.105. The zero-order valence-electron chi connectivity index (χ0n) is 11.3. The Labute approximate surface area is 128 Å². The van der Waals surface area contributed by atoms with Gasteiger partial charge in [-0.05, 0) is 30.0 Å². The molecule has 0 bridgehead atoms. The number of carbonyl (C=O) groups excluding carboxylic acids is 1. The van der Waals surface area contributed by atoms with Crippen molar-refractivity contribution in [2.75, 3.05) is 13.3 Å². The first-order valence-electron chi connectivity index (χ1n) is 6.09. The Bertz CT molecular complexity index is 601. The lowest BCUT2D eigenvalue weighted by Crippen LogP contribution is -2.26. The number of nitrogens with zero attached hydrogens (tertiary/aromatic N) is 2. The fourth-order valence-corrected chi connectivity index (χ4v) is 2.44. The molecule has 0 saturated heterocycles. The molecule has 0 aliphatic heterocycles. The number of aromatic nitrogens is 1. The van der Waals surface area contributed by atoms with E-state index in [1.807, 2.05) is 18.4 Å². The predicted octanol–water partition coefficient (Wildman–Crippen LogP) is 3.73. The largest absolute Gasteiger partial charge is 0.337 e. The molecule has 2 rings (SSSR count). The van der Waals surface area contributed by atoms with Crippen LogP contribution in [0, 0.1) is 0 Å². The first-order valence-corrected chi connectivity index (χ1v) is 7.70. The number of hydrogen-bond acceptors (Lipinski definition) is 3. The number of thioether (sulfide) groups is 1. The number of halogens is 1. The standard InChI is InChI=1S/C15H15ClN2OS/c1-18(10-11-3-5-12(20-2)6-4-11)15(19)13-7-8-17-9-14(13)16/h3-9H,10H2,1-2H3. The molecular weight excluding hydrogens is 292 g/mol. The smallest absolute Gasteiger partial charge is 0.255 e. The van der Waals surface area contributed by atoms with E-state index in [2.05, 4.69) is 17.1 Å². The van der Waals surface area contributed by atoms with Crippen molar-refractivity contribution in [2.45, 2.75) is 11.4 Å². The summed E-state index contributed by atoms with van der Waals surface area (Å²) < 4.78 is 0. The van der Waals surface area contributed by atoms with Crippen molar-refractivity contribution in [2.24, 2.45) is 0 Å². The quantitative estimate of drug-likeness (QED) is 0.807. The zero-order valence-corrected chi connectivity index (χ0v) is 12.9. The molecule has 104 valence electrons. The van der Waals surface area contributed by atoms with Gasteiger partial charge in [0.15, 0.2) is 0 Å². The summed E-state index contributed by atoms with van der Waals surface area (Å²) in [5.41, 5.74) is 1.56. The van der Waals surface area contributed by atoms with E-state index in [0.29, 0.717) is 17.1 Å². The maximum Gasteiger partial charge on any atom is 0.255 e. The highest BCUT2D eigenvalue weighted by molar-refractivity contribution is 7.98. The fraction of sp³-hybridized carbons (Fsp3) is 0.200. The average Bonchev–Trinajstić information content (AvgIpc) is 2.48.